The lowest BCUT2D eigenvalue weighted by atomic mass is 10.0. The molecular weight excluding hydrogens is 416 g/mol. The smallest absolute Gasteiger partial charge is 0.253 e. The van der Waals surface area contributed by atoms with E-state index < -0.39 is 5.91 Å². The number of carbonyl (C=O) groups is 2. The van der Waals surface area contributed by atoms with Gasteiger partial charge in [-0.3, -0.25) is 9.59 Å². The summed E-state index contributed by atoms with van der Waals surface area (Å²) >= 11 is 11.8. The molecule has 0 saturated carbocycles. The quantitative estimate of drug-likeness (QED) is 0.743. The number of carbonyl (C=O) groups excluding carboxylic acids is 2. The van der Waals surface area contributed by atoms with Crippen molar-refractivity contribution in [1.82, 2.24) is 10.6 Å². The van der Waals surface area contributed by atoms with E-state index in [0.717, 1.165) is 24.9 Å². The minimum Gasteiger partial charge on any atom is -0.367 e. The summed E-state index contributed by atoms with van der Waals surface area (Å²) in [4.78, 5) is 26.4. The van der Waals surface area contributed by atoms with E-state index in [2.05, 4.69) is 10.6 Å². The standard InChI is InChI=1S/C21H22Cl2FN3O2/c1-13-4-7-18(24)19(9-13)27-8-2-3-15(12-27)26-20(28)11-25-21(29)16-6-5-14(22)10-17(16)23/h4-7,9-10,15H,2-3,8,11-12H2,1H3,(H,25,29)(H,26,28). The molecule has 1 unspecified atom stereocenters. The Bertz CT molecular complexity index is 923. The molecule has 1 aliphatic heterocycles. The van der Waals surface area contributed by atoms with Gasteiger partial charge in [-0.15, -0.1) is 0 Å². The van der Waals surface area contributed by atoms with Crippen LogP contribution in [0.25, 0.3) is 0 Å². The lowest BCUT2D eigenvalue weighted by Crippen LogP contribution is -2.50. The zero-order chi connectivity index (χ0) is 21.0. The summed E-state index contributed by atoms with van der Waals surface area (Å²) in [6.07, 6.45) is 1.64. The summed E-state index contributed by atoms with van der Waals surface area (Å²) in [5, 5.41) is 6.12. The van der Waals surface area contributed by atoms with E-state index in [1.807, 2.05) is 17.9 Å². The highest BCUT2D eigenvalue weighted by Crippen LogP contribution is 2.24. The molecule has 1 saturated heterocycles. The van der Waals surface area contributed by atoms with Crippen molar-refractivity contribution < 1.29 is 14.0 Å². The van der Waals surface area contributed by atoms with Gasteiger partial charge >= 0.3 is 0 Å². The molecule has 0 aliphatic carbocycles. The molecule has 5 nitrogen and oxygen atoms in total. The van der Waals surface area contributed by atoms with E-state index in [0.29, 0.717) is 17.3 Å². The van der Waals surface area contributed by atoms with Crippen molar-refractivity contribution in [2.24, 2.45) is 0 Å². The molecule has 1 aliphatic rings. The summed E-state index contributed by atoms with van der Waals surface area (Å²) in [6, 6.07) is 9.43. The Labute approximate surface area is 179 Å². The fourth-order valence-electron chi connectivity index (χ4n) is 3.39. The molecule has 2 amide bonds. The topological polar surface area (TPSA) is 61.4 Å². The molecule has 1 fully saturated rings. The predicted molar refractivity (Wildman–Crippen MR) is 113 cm³/mol. The molecule has 3 rings (SSSR count). The fraction of sp³-hybridized carbons (Fsp3) is 0.333. The average Bonchev–Trinajstić information content (AvgIpc) is 2.68. The van der Waals surface area contributed by atoms with Gasteiger partial charge in [-0.25, -0.2) is 4.39 Å². The number of hydrogen-bond acceptors (Lipinski definition) is 3. The van der Waals surface area contributed by atoms with Gasteiger partial charge in [0, 0.05) is 24.2 Å². The second-order valence-electron chi connectivity index (χ2n) is 7.11. The minimum absolute atomic E-state index is 0.118. The second-order valence-corrected chi connectivity index (χ2v) is 7.96. The summed E-state index contributed by atoms with van der Waals surface area (Å²) < 4.78 is 14.2. The molecule has 29 heavy (non-hydrogen) atoms. The molecule has 1 atom stereocenters. The van der Waals surface area contributed by atoms with Crippen molar-refractivity contribution in [3.8, 4) is 0 Å². The van der Waals surface area contributed by atoms with Gasteiger partial charge < -0.3 is 15.5 Å². The molecule has 0 radical (unpaired) electrons. The van der Waals surface area contributed by atoms with Gasteiger partial charge in [0.2, 0.25) is 5.91 Å². The third-order valence-corrected chi connectivity index (χ3v) is 5.36. The maximum atomic E-state index is 14.2. The van der Waals surface area contributed by atoms with Crippen LogP contribution in [0.2, 0.25) is 10.0 Å². The van der Waals surface area contributed by atoms with Crippen molar-refractivity contribution in [2.45, 2.75) is 25.8 Å². The summed E-state index contributed by atoms with van der Waals surface area (Å²) in [7, 11) is 0. The molecule has 2 N–H and O–H groups in total. The van der Waals surface area contributed by atoms with Crippen LogP contribution in [0.1, 0.15) is 28.8 Å². The van der Waals surface area contributed by atoms with E-state index in [1.54, 1.807) is 12.1 Å². The van der Waals surface area contributed by atoms with Crippen LogP contribution >= 0.6 is 23.2 Å². The molecule has 8 heteroatoms. The first-order valence-electron chi connectivity index (χ1n) is 9.37. The molecular formula is C21H22Cl2FN3O2. The van der Waals surface area contributed by atoms with Crippen molar-refractivity contribution in [3.05, 3.63) is 63.4 Å². The van der Waals surface area contributed by atoms with Gasteiger partial charge in [-0.2, -0.15) is 0 Å². The van der Waals surface area contributed by atoms with Gasteiger partial charge in [0.05, 0.1) is 22.8 Å². The molecule has 1 heterocycles. The molecule has 0 bridgehead atoms. The zero-order valence-corrected chi connectivity index (χ0v) is 17.5. The predicted octanol–water partition coefficient (Wildman–Crippen LogP) is 3.96. The number of nitrogens with one attached hydrogen (secondary N) is 2. The number of amides is 2. The van der Waals surface area contributed by atoms with E-state index in [9.17, 15) is 14.0 Å². The van der Waals surface area contributed by atoms with Crippen LogP contribution in [0.5, 0.6) is 0 Å². The van der Waals surface area contributed by atoms with E-state index in [4.69, 9.17) is 23.2 Å². The Morgan fingerprint density at radius 1 is 1.21 bits per heavy atom. The maximum absolute atomic E-state index is 14.2. The fourth-order valence-corrected chi connectivity index (χ4v) is 3.88. The molecule has 2 aromatic carbocycles. The maximum Gasteiger partial charge on any atom is 0.253 e. The highest BCUT2D eigenvalue weighted by Gasteiger charge is 2.23. The summed E-state index contributed by atoms with van der Waals surface area (Å²) in [6.45, 7) is 3.00. The first-order chi connectivity index (χ1) is 13.8. The minimum atomic E-state index is -0.450. The van der Waals surface area contributed by atoms with Crippen molar-refractivity contribution in [2.75, 3.05) is 24.5 Å². The lowest BCUT2D eigenvalue weighted by Gasteiger charge is -2.35. The van der Waals surface area contributed by atoms with Crippen LogP contribution in [0, 0.1) is 12.7 Å². The van der Waals surface area contributed by atoms with Gasteiger partial charge in [-0.1, -0.05) is 29.3 Å². The molecule has 154 valence electrons. The number of nitrogens with zero attached hydrogens (tertiary/aromatic N) is 1. The lowest BCUT2D eigenvalue weighted by molar-refractivity contribution is -0.120. The van der Waals surface area contributed by atoms with Crippen LogP contribution in [0.4, 0.5) is 10.1 Å². The van der Waals surface area contributed by atoms with Gasteiger partial charge in [0.25, 0.3) is 5.91 Å². The largest absolute Gasteiger partial charge is 0.367 e. The molecule has 0 spiro atoms. The Balaban J connectivity index is 1.53. The summed E-state index contributed by atoms with van der Waals surface area (Å²) in [5.41, 5.74) is 1.79. The second kappa shape index (κ2) is 9.46. The Morgan fingerprint density at radius 3 is 2.76 bits per heavy atom. The average molecular weight is 438 g/mol. The normalized spacial score (nSPS) is 16.4. The highest BCUT2D eigenvalue weighted by atomic mass is 35.5. The van der Waals surface area contributed by atoms with Gasteiger partial charge in [0.15, 0.2) is 0 Å². The zero-order valence-electron chi connectivity index (χ0n) is 16.0. The number of halogens is 3. The number of aryl methyl sites for hydroxylation is 1. The third kappa shape index (κ3) is 5.61. The first kappa shape index (κ1) is 21.4. The van der Waals surface area contributed by atoms with E-state index >= 15 is 0 Å². The van der Waals surface area contributed by atoms with E-state index in [1.165, 1.54) is 18.2 Å². The van der Waals surface area contributed by atoms with Crippen LogP contribution in [-0.4, -0.2) is 37.5 Å². The van der Waals surface area contributed by atoms with Crippen molar-refractivity contribution in [1.29, 1.82) is 0 Å². The monoisotopic (exact) mass is 437 g/mol. The number of piperidine rings is 1. The Kier molecular flexibility index (Phi) is 6.98. The number of anilines is 1. The van der Waals surface area contributed by atoms with Crippen LogP contribution in [0.3, 0.4) is 0 Å². The van der Waals surface area contributed by atoms with Gasteiger partial charge in [0.1, 0.15) is 5.82 Å². The van der Waals surface area contributed by atoms with Crippen LogP contribution in [0.15, 0.2) is 36.4 Å². The van der Waals surface area contributed by atoms with Crippen LogP contribution < -0.4 is 15.5 Å². The van der Waals surface area contributed by atoms with Crippen LogP contribution in [-0.2, 0) is 4.79 Å². The van der Waals surface area contributed by atoms with Gasteiger partial charge in [-0.05, 0) is 55.7 Å². The Hall–Kier alpha value is -2.31. The van der Waals surface area contributed by atoms with E-state index in [-0.39, 0.29) is 34.9 Å². The Morgan fingerprint density at radius 2 is 2.00 bits per heavy atom. The first-order valence-corrected chi connectivity index (χ1v) is 10.1. The van der Waals surface area contributed by atoms with Crippen molar-refractivity contribution in [3.63, 3.8) is 0 Å². The van der Waals surface area contributed by atoms with Crippen molar-refractivity contribution >= 4 is 40.7 Å². The third-order valence-electron chi connectivity index (χ3n) is 4.81. The number of rotatable bonds is 5. The summed E-state index contributed by atoms with van der Waals surface area (Å²) in [5.74, 6) is -1.02. The number of hydrogen-bond donors (Lipinski definition) is 2. The molecule has 2 aromatic rings. The highest BCUT2D eigenvalue weighted by molar-refractivity contribution is 6.36. The number of benzene rings is 2. The molecule has 0 aromatic heterocycles. The SMILES string of the molecule is Cc1ccc(F)c(N2CCCC(NC(=O)CNC(=O)c3ccc(Cl)cc3Cl)C2)c1.